The SMILES string of the molecule is CCP(=S)(CC)Sc1ccc(OC)cc1. The van der Waals surface area contributed by atoms with E-state index in [0.717, 1.165) is 18.1 Å². The lowest BCUT2D eigenvalue weighted by Crippen LogP contribution is -1.85. The first kappa shape index (κ1) is 13.1. The number of benzene rings is 1. The molecular weight excluding hydrogens is 243 g/mol. The summed E-state index contributed by atoms with van der Waals surface area (Å²) in [7, 11) is 1.69. The van der Waals surface area contributed by atoms with Crippen LogP contribution in [0.3, 0.4) is 0 Å². The zero-order chi connectivity index (χ0) is 11.3. The van der Waals surface area contributed by atoms with E-state index in [1.807, 2.05) is 23.5 Å². The smallest absolute Gasteiger partial charge is 0.118 e. The van der Waals surface area contributed by atoms with Crippen LogP contribution >= 0.6 is 16.6 Å². The van der Waals surface area contributed by atoms with E-state index in [4.69, 9.17) is 16.5 Å². The zero-order valence-corrected chi connectivity index (χ0v) is 11.9. The van der Waals surface area contributed by atoms with Crippen molar-refractivity contribution in [2.75, 3.05) is 19.4 Å². The summed E-state index contributed by atoms with van der Waals surface area (Å²) in [5.74, 6) is 0.903. The highest BCUT2D eigenvalue weighted by molar-refractivity contribution is 8.71. The van der Waals surface area contributed by atoms with Crippen molar-refractivity contribution in [3.05, 3.63) is 24.3 Å². The Bertz CT molecular complexity index is 340. The quantitative estimate of drug-likeness (QED) is 0.733. The van der Waals surface area contributed by atoms with Crippen LogP contribution in [0, 0.1) is 0 Å². The highest BCUT2D eigenvalue weighted by Gasteiger charge is 2.13. The van der Waals surface area contributed by atoms with Crippen LogP contribution in [0.25, 0.3) is 0 Å². The molecule has 0 aliphatic rings. The molecule has 1 rings (SSSR count). The maximum atomic E-state index is 5.69. The van der Waals surface area contributed by atoms with Gasteiger partial charge in [0.25, 0.3) is 0 Å². The van der Waals surface area contributed by atoms with E-state index in [0.29, 0.717) is 0 Å². The molecule has 1 nitrogen and oxygen atoms in total. The molecule has 0 bridgehead atoms. The Hall–Kier alpha value is 0.0200. The van der Waals surface area contributed by atoms with Gasteiger partial charge in [0.15, 0.2) is 0 Å². The standard InChI is InChI=1S/C11H17OPS2/c1-4-13(14,5-2)15-11-8-6-10(12-3)7-9-11/h6-9H,4-5H2,1-3H3. The van der Waals surface area contributed by atoms with Crippen molar-refractivity contribution >= 4 is 28.4 Å². The van der Waals surface area contributed by atoms with Crippen LogP contribution in [-0.2, 0) is 11.8 Å². The van der Waals surface area contributed by atoms with E-state index in [1.54, 1.807) is 7.11 Å². The number of rotatable bonds is 5. The van der Waals surface area contributed by atoms with Crippen LogP contribution in [0.5, 0.6) is 5.75 Å². The fourth-order valence-electron chi connectivity index (χ4n) is 1.18. The van der Waals surface area contributed by atoms with Crippen molar-refractivity contribution < 1.29 is 4.74 Å². The molecule has 1 aromatic rings. The van der Waals surface area contributed by atoms with Gasteiger partial charge in [-0.05, 0) is 36.6 Å². The third kappa shape index (κ3) is 3.82. The largest absolute Gasteiger partial charge is 0.497 e. The molecule has 4 heteroatoms. The van der Waals surface area contributed by atoms with Crippen molar-refractivity contribution in [1.29, 1.82) is 0 Å². The Balaban J connectivity index is 2.76. The fourth-order valence-corrected chi connectivity index (χ4v) is 5.60. The van der Waals surface area contributed by atoms with Crippen LogP contribution in [0.15, 0.2) is 29.2 Å². The first-order valence-electron chi connectivity index (χ1n) is 5.05. The van der Waals surface area contributed by atoms with Gasteiger partial charge in [0.2, 0.25) is 0 Å². The van der Waals surface area contributed by atoms with Crippen LogP contribution in [0.1, 0.15) is 13.8 Å². The zero-order valence-electron chi connectivity index (χ0n) is 9.40. The van der Waals surface area contributed by atoms with Gasteiger partial charge in [-0.3, -0.25) is 0 Å². The molecule has 0 radical (unpaired) electrons. The van der Waals surface area contributed by atoms with Gasteiger partial charge in [0.05, 0.1) is 7.11 Å². The highest BCUT2D eigenvalue weighted by atomic mass is 32.9. The van der Waals surface area contributed by atoms with Gasteiger partial charge in [-0.1, -0.05) is 37.0 Å². The second-order valence-electron chi connectivity index (χ2n) is 3.21. The third-order valence-electron chi connectivity index (χ3n) is 2.29. The molecule has 0 heterocycles. The number of ether oxygens (including phenoxy) is 1. The van der Waals surface area contributed by atoms with E-state index >= 15 is 0 Å². The molecule has 0 amide bonds. The molecule has 0 unspecified atom stereocenters. The molecule has 0 aromatic heterocycles. The molecule has 15 heavy (non-hydrogen) atoms. The van der Waals surface area contributed by atoms with Gasteiger partial charge in [-0.15, -0.1) is 0 Å². The molecular formula is C11H17OPS2. The Morgan fingerprint density at radius 3 is 2.13 bits per heavy atom. The molecule has 0 atom stereocenters. The molecule has 84 valence electrons. The Morgan fingerprint density at radius 1 is 1.20 bits per heavy atom. The number of hydrogen-bond donors (Lipinski definition) is 0. The van der Waals surface area contributed by atoms with E-state index < -0.39 is 5.24 Å². The average Bonchev–Trinajstić information content (AvgIpc) is 2.30. The van der Waals surface area contributed by atoms with Gasteiger partial charge in [-0.25, -0.2) is 0 Å². The van der Waals surface area contributed by atoms with Gasteiger partial charge in [0, 0.05) is 10.1 Å². The van der Waals surface area contributed by atoms with Crippen molar-refractivity contribution in [2.24, 2.45) is 0 Å². The molecule has 0 aliphatic heterocycles. The number of methoxy groups -OCH3 is 1. The normalized spacial score (nSPS) is 11.4. The lowest BCUT2D eigenvalue weighted by Gasteiger charge is -2.17. The Labute approximate surface area is 101 Å². The Kier molecular flexibility index (Phi) is 5.17. The van der Waals surface area contributed by atoms with E-state index in [1.165, 1.54) is 4.90 Å². The second-order valence-corrected chi connectivity index (χ2v) is 12.2. The van der Waals surface area contributed by atoms with Crippen LogP contribution < -0.4 is 4.74 Å². The molecule has 0 saturated heterocycles. The van der Waals surface area contributed by atoms with Crippen molar-refractivity contribution in [1.82, 2.24) is 0 Å². The molecule has 0 aliphatic carbocycles. The van der Waals surface area contributed by atoms with Gasteiger partial charge < -0.3 is 4.74 Å². The molecule has 0 N–H and O–H groups in total. The maximum Gasteiger partial charge on any atom is 0.118 e. The summed E-state index contributed by atoms with van der Waals surface area (Å²) >= 11 is 7.57. The summed E-state index contributed by atoms with van der Waals surface area (Å²) in [5.41, 5.74) is 0. The molecule has 0 saturated carbocycles. The molecule has 0 fully saturated rings. The fraction of sp³-hybridized carbons (Fsp3) is 0.455. The molecule has 1 aromatic carbocycles. The predicted molar refractivity (Wildman–Crippen MR) is 74.2 cm³/mol. The second kappa shape index (κ2) is 5.93. The first-order chi connectivity index (χ1) is 7.13. The monoisotopic (exact) mass is 260 g/mol. The van der Waals surface area contributed by atoms with E-state index in [9.17, 15) is 0 Å². The van der Waals surface area contributed by atoms with Gasteiger partial charge >= 0.3 is 0 Å². The summed E-state index contributed by atoms with van der Waals surface area (Å²) in [6.07, 6.45) is 2.24. The maximum absolute atomic E-state index is 5.69. The minimum Gasteiger partial charge on any atom is -0.497 e. The van der Waals surface area contributed by atoms with Crippen molar-refractivity contribution in [3.63, 3.8) is 0 Å². The summed E-state index contributed by atoms with van der Waals surface area (Å²) in [6, 6.07) is 8.17. The first-order valence-corrected chi connectivity index (χ1v) is 9.64. The Morgan fingerprint density at radius 2 is 1.73 bits per heavy atom. The predicted octanol–water partition coefficient (Wildman–Crippen LogP) is 4.22. The summed E-state index contributed by atoms with van der Waals surface area (Å²) in [5, 5.41) is -1.22. The minimum atomic E-state index is -1.22. The third-order valence-corrected chi connectivity index (χ3v) is 10.4. The average molecular weight is 260 g/mol. The summed E-state index contributed by atoms with van der Waals surface area (Å²) < 4.78 is 5.13. The van der Waals surface area contributed by atoms with Crippen LogP contribution in [-0.4, -0.2) is 19.4 Å². The minimum absolute atomic E-state index is 0.903. The molecule has 0 spiro atoms. The van der Waals surface area contributed by atoms with Crippen LogP contribution in [0.4, 0.5) is 0 Å². The van der Waals surface area contributed by atoms with E-state index in [2.05, 4.69) is 26.0 Å². The lowest BCUT2D eigenvalue weighted by atomic mass is 10.3. The summed E-state index contributed by atoms with van der Waals surface area (Å²) in [4.78, 5) is 1.27. The van der Waals surface area contributed by atoms with Gasteiger partial charge in [0.1, 0.15) is 5.75 Å². The summed E-state index contributed by atoms with van der Waals surface area (Å²) in [6.45, 7) is 4.39. The number of hydrogen-bond acceptors (Lipinski definition) is 3. The van der Waals surface area contributed by atoms with E-state index in [-0.39, 0.29) is 0 Å². The van der Waals surface area contributed by atoms with Crippen molar-refractivity contribution in [2.45, 2.75) is 18.7 Å². The van der Waals surface area contributed by atoms with Gasteiger partial charge in [-0.2, -0.15) is 0 Å². The topological polar surface area (TPSA) is 9.23 Å². The lowest BCUT2D eigenvalue weighted by molar-refractivity contribution is 0.414. The highest BCUT2D eigenvalue weighted by Crippen LogP contribution is 2.61. The van der Waals surface area contributed by atoms with Crippen LogP contribution in [0.2, 0.25) is 0 Å². The van der Waals surface area contributed by atoms with Crippen molar-refractivity contribution in [3.8, 4) is 5.75 Å².